The molecule has 2 aliphatic carbocycles. The number of nitrogens with two attached hydrogens (primary N) is 1. The summed E-state index contributed by atoms with van der Waals surface area (Å²) in [5, 5.41) is 22.2. The van der Waals surface area contributed by atoms with Crippen molar-refractivity contribution in [3.8, 4) is 0 Å². The molecule has 2 saturated carbocycles. The lowest BCUT2D eigenvalue weighted by atomic mass is 9.91. The van der Waals surface area contributed by atoms with Gasteiger partial charge in [0.15, 0.2) is 5.82 Å². The number of benzene rings is 1. The highest BCUT2D eigenvalue weighted by molar-refractivity contribution is 5.81. The summed E-state index contributed by atoms with van der Waals surface area (Å²) >= 11 is 0. The number of aromatic nitrogens is 2. The first-order chi connectivity index (χ1) is 14.0. The maximum atomic E-state index is 15.0. The van der Waals surface area contributed by atoms with Crippen molar-refractivity contribution in [1.29, 1.82) is 0 Å². The van der Waals surface area contributed by atoms with Gasteiger partial charge in [0.1, 0.15) is 23.3 Å². The largest absolute Gasteiger partial charge is 0.390 e. The molecule has 0 amide bonds. The molecule has 2 aliphatic rings. The van der Waals surface area contributed by atoms with Crippen LogP contribution in [-0.4, -0.2) is 38.7 Å². The van der Waals surface area contributed by atoms with E-state index >= 15 is 0 Å². The highest BCUT2D eigenvalue weighted by Gasteiger charge is 2.70. The Morgan fingerprint density at radius 1 is 1.28 bits per heavy atom. The van der Waals surface area contributed by atoms with Crippen LogP contribution in [0.4, 0.5) is 16.0 Å². The van der Waals surface area contributed by atoms with Crippen molar-refractivity contribution in [3.05, 3.63) is 54.0 Å². The summed E-state index contributed by atoms with van der Waals surface area (Å²) in [7, 11) is 0. The third-order valence-electron chi connectivity index (χ3n) is 6.85. The molecule has 1 aromatic carbocycles. The van der Waals surface area contributed by atoms with Crippen molar-refractivity contribution in [1.82, 2.24) is 9.55 Å². The van der Waals surface area contributed by atoms with Crippen LogP contribution in [0.1, 0.15) is 24.4 Å². The first-order valence-corrected chi connectivity index (χ1v) is 9.79. The van der Waals surface area contributed by atoms with Gasteiger partial charge >= 0.3 is 0 Å². The SMILES string of the molecule is C=Nc1cccn1[C@H]1[C@H](O)[C@H](O)[C@@]2(CCc3ccc4ccc(N)nc4c3F)C[C@H]12. The van der Waals surface area contributed by atoms with E-state index in [1.165, 1.54) is 0 Å². The van der Waals surface area contributed by atoms with Gasteiger partial charge in [0.25, 0.3) is 0 Å². The number of nitrogen functional groups attached to an aromatic ring is 1. The van der Waals surface area contributed by atoms with Crippen molar-refractivity contribution < 1.29 is 14.6 Å². The van der Waals surface area contributed by atoms with Crippen LogP contribution in [0, 0.1) is 17.2 Å². The molecule has 7 heteroatoms. The minimum Gasteiger partial charge on any atom is -0.390 e. The van der Waals surface area contributed by atoms with Gasteiger partial charge in [-0.3, -0.25) is 0 Å². The average Bonchev–Trinajstić information content (AvgIpc) is 3.16. The number of rotatable bonds is 5. The van der Waals surface area contributed by atoms with E-state index in [2.05, 4.69) is 16.7 Å². The summed E-state index contributed by atoms with van der Waals surface area (Å²) in [6.07, 6.45) is 1.97. The zero-order chi connectivity index (χ0) is 20.3. The lowest BCUT2D eigenvalue weighted by Gasteiger charge is -2.25. The topological polar surface area (TPSA) is 96.7 Å². The van der Waals surface area contributed by atoms with Crippen LogP contribution in [0.5, 0.6) is 0 Å². The molecule has 150 valence electrons. The molecule has 2 heterocycles. The van der Waals surface area contributed by atoms with E-state index in [0.29, 0.717) is 29.6 Å². The number of aliphatic hydroxyl groups is 2. The van der Waals surface area contributed by atoms with Crippen LogP contribution in [0.25, 0.3) is 10.9 Å². The lowest BCUT2D eigenvalue weighted by molar-refractivity contribution is -0.0194. The number of hydrogen-bond donors (Lipinski definition) is 3. The van der Waals surface area contributed by atoms with Gasteiger partial charge in [-0.2, -0.15) is 0 Å². The second-order valence-electron chi connectivity index (χ2n) is 8.25. The Kier molecular flexibility index (Phi) is 4.01. The quantitative estimate of drug-likeness (QED) is 0.580. The minimum atomic E-state index is -0.885. The number of aryl methyl sites for hydroxylation is 1. The highest BCUT2D eigenvalue weighted by atomic mass is 19.1. The van der Waals surface area contributed by atoms with Crippen LogP contribution >= 0.6 is 0 Å². The first-order valence-electron chi connectivity index (χ1n) is 9.79. The Bertz CT molecular complexity index is 1110. The molecule has 0 radical (unpaired) electrons. The van der Waals surface area contributed by atoms with Gasteiger partial charge in [0.2, 0.25) is 0 Å². The Morgan fingerprint density at radius 2 is 2.07 bits per heavy atom. The summed E-state index contributed by atoms with van der Waals surface area (Å²) in [5.74, 6) is 0.715. The van der Waals surface area contributed by atoms with Gasteiger partial charge < -0.3 is 20.5 Å². The molecule has 0 unspecified atom stereocenters. The van der Waals surface area contributed by atoms with Gasteiger partial charge in [-0.15, -0.1) is 0 Å². The number of halogens is 1. The maximum Gasteiger partial charge on any atom is 0.152 e. The fraction of sp³-hybridized carbons (Fsp3) is 0.364. The van der Waals surface area contributed by atoms with Crippen molar-refractivity contribution in [2.24, 2.45) is 16.3 Å². The van der Waals surface area contributed by atoms with E-state index in [1.807, 2.05) is 29.0 Å². The molecule has 0 bridgehead atoms. The van der Waals surface area contributed by atoms with Gasteiger partial charge in [0.05, 0.1) is 12.1 Å². The monoisotopic (exact) mass is 394 g/mol. The van der Waals surface area contributed by atoms with Crippen LogP contribution in [0.2, 0.25) is 0 Å². The second-order valence-corrected chi connectivity index (χ2v) is 8.25. The molecule has 3 aromatic rings. The van der Waals surface area contributed by atoms with Crippen LogP contribution < -0.4 is 5.73 Å². The van der Waals surface area contributed by atoms with Gasteiger partial charge in [0, 0.05) is 17.0 Å². The van der Waals surface area contributed by atoms with E-state index in [-0.39, 0.29) is 29.1 Å². The van der Waals surface area contributed by atoms with E-state index in [9.17, 15) is 14.6 Å². The van der Waals surface area contributed by atoms with E-state index < -0.39 is 17.6 Å². The lowest BCUT2D eigenvalue weighted by Crippen LogP contribution is -2.34. The molecule has 6 nitrogen and oxygen atoms in total. The number of pyridine rings is 1. The Balaban J connectivity index is 1.40. The maximum absolute atomic E-state index is 15.0. The second kappa shape index (κ2) is 6.37. The molecule has 2 aromatic heterocycles. The Hall–Kier alpha value is -2.77. The number of aliphatic hydroxyl groups excluding tert-OH is 2. The van der Waals surface area contributed by atoms with Crippen molar-refractivity contribution in [3.63, 3.8) is 0 Å². The molecule has 2 fully saturated rings. The Morgan fingerprint density at radius 3 is 2.86 bits per heavy atom. The zero-order valence-corrected chi connectivity index (χ0v) is 15.9. The molecule has 5 atom stereocenters. The third-order valence-corrected chi connectivity index (χ3v) is 6.85. The average molecular weight is 394 g/mol. The molecule has 0 aliphatic heterocycles. The number of fused-ring (bicyclic) bond motifs is 2. The summed E-state index contributed by atoms with van der Waals surface area (Å²) < 4.78 is 16.9. The predicted molar refractivity (Wildman–Crippen MR) is 110 cm³/mol. The van der Waals surface area contributed by atoms with Crippen LogP contribution in [0.3, 0.4) is 0 Å². The summed E-state index contributed by atoms with van der Waals surface area (Å²) in [5.41, 5.74) is 6.13. The summed E-state index contributed by atoms with van der Waals surface area (Å²) in [6, 6.07) is 10.5. The summed E-state index contributed by atoms with van der Waals surface area (Å²) in [4.78, 5) is 8.13. The van der Waals surface area contributed by atoms with E-state index in [1.54, 1.807) is 18.2 Å². The molecule has 5 rings (SSSR count). The normalized spacial score (nSPS) is 30.4. The van der Waals surface area contributed by atoms with Crippen molar-refractivity contribution in [2.45, 2.75) is 37.5 Å². The molecule has 0 saturated heterocycles. The minimum absolute atomic E-state index is 0.123. The van der Waals surface area contributed by atoms with Crippen LogP contribution in [0.15, 0.2) is 47.6 Å². The van der Waals surface area contributed by atoms with E-state index in [4.69, 9.17) is 5.73 Å². The van der Waals surface area contributed by atoms with Gasteiger partial charge in [-0.1, -0.05) is 12.1 Å². The smallest absolute Gasteiger partial charge is 0.152 e. The first kappa shape index (κ1) is 18.3. The van der Waals surface area contributed by atoms with Gasteiger partial charge in [-0.05, 0) is 61.7 Å². The fourth-order valence-electron chi connectivity index (χ4n) is 5.25. The molecule has 0 spiro atoms. The van der Waals surface area contributed by atoms with Crippen molar-refractivity contribution >= 4 is 29.3 Å². The standard InChI is InChI=1S/C22H23FN4O2/c1-25-16-3-2-10-27(16)19-14-11-22(14,21(29)20(19)28)9-8-12-4-5-13-6-7-15(24)26-18(13)17(12)23/h2-7,10,14,19-21,28-29H,1,8-9,11H2,(H2,24,26)/t14-,19-,20+,21+,22+/m1/s1. The zero-order valence-electron chi connectivity index (χ0n) is 15.9. The number of nitrogens with zero attached hydrogens (tertiary/aromatic N) is 3. The fourth-order valence-corrected chi connectivity index (χ4v) is 5.25. The third kappa shape index (κ3) is 2.61. The van der Waals surface area contributed by atoms with Crippen molar-refractivity contribution in [2.75, 3.05) is 5.73 Å². The Labute approximate surface area is 167 Å². The molecule has 29 heavy (non-hydrogen) atoms. The van der Waals surface area contributed by atoms with E-state index in [0.717, 1.165) is 6.42 Å². The molecular weight excluding hydrogens is 371 g/mol. The number of anilines is 1. The van der Waals surface area contributed by atoms with Crippen LogP contribution in [-0.2, 0) is 6.42 Å². The van der Waals surface area contributed by atoms with Gasteiger partial charge in [-0.25, -0.2) is 14.4 Å². The molecule has 4 N–H and O–H groups in total. The highest BCUT2D eigenvalue weighted by Crippen LogP contribution is 2.70. The number of hydrogen-bond acceptors (Lipinski definition) is 5. The predicted octanol–water partition coefficient (Wildman–Crippen LogP) is 3.01. The number of aliphatic imine (C=N–C) groups is 1. The summed E-state index contributed by atoms with van der Waals surface area (Å²) in [6.45, 7) is 3.58. The molecular formula is C22H23FN4O2.